The summed E-state index contributed by atoms with van der Waals surface area (Å²) >= 11 is 0. The van der Waals surface area contributed by atoms with E-state index in [1.54, 1.807) is 0 Å². The molecule has 0 aromatic heterocycles. The average molecular weight is 244 g/mol. The maximum Gasteiger partial charge on any atom is 0.215 e. The van der Waals surface area contributed by atoms with Crippen LogP contribution >= 0.6 is 0 Å². The van der Waals surface area contributed by atoms with E-state index in [0.717, 1.165) is 6.26 Å². The van der Waals surface area contributed by atoms with E-state index in [-0.39, 0.29) is 18.8 Å². The molecule has 0 rings (SSSR count). The number of rotatable bonds is 6. The molecule has 0 amide bonds. The van der Waals surface area contributed by atoms with E-state index in [0.29, 0.717) is 0 Å². The zero-order valence-electron chi connectivity index (χ0n) is 8.23. The van der Waals surface area contributed by atoms with E-state index in [9.17, 15) is 16.8 Å². The molecule has 0 aliphatic heterocycles. The first-order chi connectivity index (χ1) is 6.19. The number of sulfonamides is 1. The largest absolute Gasteiger partial charge is 0.329 e. The summed E-state index contributed by atoms with van der Waals surface area (Å²) in [5.74, 6) is -0.205. The summed E-state index contributed by atoms with van der Waals surface area (Å²) in [6.07, 6.45) is 1.05. The molecule has 86 valence electrons. The number of sulfone groups is 1. The van der Waals surface area contributed by atoms with Crippen molar-refractivity contribution >= 4 is 19.9 Å². The van der Waals surface area contributed by atoms with Crippen LogP contribution in [0.3, 0.4) is 0 Å². The van der Waals surface area contributed by atoms with Gasteiger partial charge in [0.2, 0.25) is 10.0 Å². The lowest BCUT2D eigenvalue weighted by molar-refractivity contribution is 0.570. The molecule has 0 aromatic carbocycles. The molecule has 0 fully saturated rings. The Balaban J connectivity index is 4.15. The van der Waals surface area contributed by atoms with E-state index in [1.807, 2.05) is 0 Å². The van der Waals surface area contributed by atoms with Gasteiger partial charge in [0.15, 0.2) is 0 Å². The highest BCUT2D eigenvalue weighted by molar-refractivity contribution is 7.91. The number of nitrogens with one attached hydrogen (secondary N) is 1. The van der Waals surface area contributed by atoms with Gasteiger partial charge in [-0.3, -0.25) is 0 Å². The molecule has 0 bridgehead atoms. The molecule has 0 aliphatic rings. The van der Waals surface area contributed by atoms with Gasteiger partial charge in [-0.25, -0.2) is 21.6 Å². The SMILES string of the molecule is CC(CN)S(=O)(=O)NCCS(C)(=O)=O. The summed E-state index contributed by atoms with van der Waals surface area (Å²) in [6.45, 7) is 1.36. The second-order valence-corrected chi connectivity index (χ2v) is 7.56. The smallest absolute Gasteiger partial charge is 0.215 e. The van der Waals surface area contributed by atoms with Crippen LogP contribution in [0.2, 0.25) is 0 Å². The molecule has 14 heavy (non-hydrogen) atoms. The number of nitrogens with two attached hydrogens (primary N) is 1. The van der Waals surface area contributed by atoms with Crippen LogP contribution in [0, 0.1) is 0 Å². The maximum absolute atomic E-state index is 11.3. The lowest BCUT2D eigenvalue weighted by Crippen LogP contribution is -2.39. The first kappa shape index (κ1) is 13.8. The van der Waals surface area contributed by atoms with E-state index in [4.69, 9.17) is 5.73 Å². The minimum Gasteiger partial charge on any atom is -0.329 e. The molecule has 0 saturated heterocycles. The van der Waals surface area contributed by atoms with Gasteiger partial charge in [-0.1, -0.05) is 0 Å². The van der Waals surface area contributed by atoms with Gasteiger partial charge in [-0.2, -0.15) is 0 Å². The lowest BCUT2D eigenvalue weighted by atomic mass is 10.5. The molecule has 0 heterocycles. The van der Waals surface area contributed by atoms with Crippen molar-refractivity contribution in [3.05, 3.63) is 0 Å². The van der Waals surface area contributed by atoms with Crippen LogP contribution in [0.15, 0.2) is 0 Å². The summed E-state index contributed by atoms with van der Waals surface area (Å²) in [4.78, 5) is 0. The summed E-state index contributed by atoms with van der Waals surface area (Å²) in [5, 5.41) is -0.706. The number of hydrogen-bond donors (Lipinski definition) is 2. The summed E-state index contributed by atoms with van der Waals surface area (Å²) in [5.41, 5.74) is 5.18. The Morgan fingerprint density at radius 1 is 1.29 bits per heavy atom. The third kappa shape index (κ3) is 5.53. The van der Waals surface area contributed by atoms with Crippen LogP contribution in [0.1, 0.15) is 6.92 Å². The van der Waals surface area contributed by atoms with E-state index >= 15 is 0 Å². The van der Waals surface area contributed by atoms with Gasteiger partial charge in [0.1, 0.15) is 9.84 Å². The van der Waals surface area contributed by atoms with Crippen LogP contribution in [0.25, 0.3) is 0 Å². The topological polar surface area (TPSA) is 106 Å². The highest BCUT2D eigenvalue weighted by Crippen LogP contribution is 1.95. The molecule has 0 saturated carbocycles. The first-order valence-corrected chi connectivity index (χ1v) is 7.66. The molecule has 0 aromatic rings. The van der Waals surface area contributed by atoms with Crippen LogP contribution in [0.5, 0.6) is 0 Å². The molecule has 3 N–H and O–H groups in total. The van der Waals surface area contributed by atoms with Gasteiger partial charge in [-0.05, 0) is 6.92 Å². The monoisotopic (exact) mass is 244 g/mol. The van der Waals surface area contributed by atoms with Crippen molar-refractivity contribution in [1.29, 1.82) is 0 Å². The molecule has 1 unspecified atom stereocenters. The Morgan fingerprint density at radius 2 is 1.79 bits per heavy atom. The Bertz CT molecular complexity index is 359. The van der Waals surface area contributed by atoms with Crippen molar-refractivity contribution in [2.45, 2.75) is 12.2 Å². The molecule has 0 radical (unpaired) electrons. The normalized spacial score (nSPS) is 15.4. The Labute approximate surface area is 84.8 Å². The Hall–Kier alpha value is -0.180. The zero-order valence-corrected chi connectivity index (χ0v) is 9.86. The van der Waals surface area contributed by atoms with E-state index < -0.39 is 25.1 Å². The third-order valence-corrected chi connectivity index (χ3v) is 4.44. The minimum absolute atomic E-state index is 0.00814. The Morgan fingerprint density at radius 3 is 2.14 bits per heavy atom. The predicted octanol–water partition coefficient (Wildman–Crippen LogP) is -1.70. The third-order valence-electron chi connectivity index (χ3n) is 1.64. The van der Waals surface area contributed by atoms with Crippen molar-refractivity contribution in [1.82, 2.24) is 4.72 Å². The van der Waals surface area contributed by atoms with Crippen LogP contribution < -0.4 is 10.5 Å². The molecule has 1 atom stereocenters. The minimum atomic E-state index is -3.47. The molecular formula is C6H16N2O4S2. The fourth-order valence-corrected chi connectivity index (χ4v) is 2.16. The van der Waals surface area contributed by atoms with Crippen molar-refractivity contribution in [2.24, 2.45) is 5.73 Å². The lowest BCUT2D eigenvalue weighted by Gasteiger charge is -2.10. The molecule has 8 heteroatoms. The van der Waals surface area contributed by atoms with Crippen LogP contribution in [-0.2, 0) is 19.9 Å². The van der Waals surface area contributed by atoms with Gasteiger partial charge in [0.05, 0.1) is 11.0 Å². The molecular weight excluding hydrogens is 228 g/mol. The molecule has 6 nitrogen and oxygen atoms in total. The fraction of sp³-hybridized carbons (Fsp3) is 1.00. The summed E-state index contributed by atoms with van der Waals surface area (Å²) < 4.78 is 46.1. The summed E-state index contributed by atoms with van der Waals surface area (Å²) in [6, 6.07) is 0. The van der Waals surface area contributed by atoms with Crippen molar-refractivity contribution < 1.29 is 16.8 Å². The quantitative estimate of drug-likeness (QED) is 0.579. The van der Waals surface area contributed by atoms with Gasteiger partial charge in [-0.15, -0.1) is 0 Å². The second kappa shape index (κ2) is 5.06. The van der Waals surface area contributed by atoms with Crippen molar-refractivity contribution in [2.75, 3.05) is 25.1 Å². The first-order valence-electron chi connectivity index (χ1n) is 4.05. The number of hydrogen-bond acceptors (Lipinski definition) is 5. The van der Waals surface area contributed by atoms with Crippen LogP contribution in [-0.4, -0.2) is 47.2 Å². The average Bonchev–Trinajstić information content (AvgIpc) is 2.00. The molecule has 0 aliphatic carbocycles. The van der Waals surface area contributed by atoms with Gasteiger partial charge >= 0.3 is 0 Å². The van der Waals surface area contributed by atoms with Gasteiger partial charge < -0.3 is 5.73 Å². The predicted molar refractivity (Wildman–Crippen MR) is 55.1 cm³/mol. The van der Waals surface area contributed by atoms with Gasteiger partial charge in [0.25, 0.3) is 0 Å². The second-order valence-electron chi connectivity index (χ2n) is 3.12. The van der Waals surface area contributed by atoms with E-state index in [2.05, 4.69) is 4.72 Å². The van der Waals surface area contributed by atoms with Crippen molar-refractivity contribution in [3.63, 3.8) is 0 Å². The molecule has 0 spiro atoms. The maximum atomic E-state index is 11.3. The fourth-order valence-electron chi connectivity index (χ4n) is 0.638. The van der Waals surface area contributed by atoms with Gasteiger partial charge in [0, 0.05) is 19.3 Å². The van der Waals surface area contributed by atoms with E-state index in [1.165, 1.54) is 6.92 Å². The zero-order chi connectivity index (χ0) is 11.4. The van der Waals surface area contributed by atoms with Crippen LogP contribution in [0.4, 0.5) is 0 Å². The highest BCUT2D eigenvalue weighted by Gasteiger charge is 2.18. The standard InChI is InChI=1S/C6H16N2O4S2/c1-6(5-7)14(11,12)8-3-4-13(2,9)10/h6,8H,3-5,7H2,1-2H3. The van der Waals surface area contributed by atoms with Crippen molar-refractivity contribution in [3.8, 4) is 0 Å². The highest BCUT2D eigenvalue weighted by atomic mass is 32.2. The summed E-state index contributed by atoms with van der Waals surface area (Å²) in [7, 11) is -6.61. The Kier molecular flexibility index (Phi) is 4.99.